The summed E-state index contributed by atoms with van der Waals surface area (Å²) in [5.74, 6) is 1.14. The first-order valence-electron chi connectivity index (χ1n) is 4.30. The Balaban J connectivity index is 4.18. The van der Waals surface area contributed by atoms with Crippen LogP contribution in [0.3, 0.4) is 0 Å². The van der Waals surface area contributed by atoms with Crippen LogP contribution in [0.15, 0.2) is 12.0 Å². The van der Waals surface area contributed by atoms with E-state index >= 15 is 0 Å². The van der Waals surface area contributed by atoms with Crippen molar-refractivity contribution in [2.75, 3.05) is 7.11 Å². The molecule has 0 bridgehead atoms. The molecule has 0 N–H and O–H groups in total. The highest BCUT2D eigenvalue weighted by molar-refractivity contribution is 6.69. The molecular weight excluding hydrogens is 168 g/mol. The van der Waals surface area contributed by atoms with Gasteiger partial charge in [-0.2, -0.15) is 0 Å². The van der Waals surface area contributed by atoms with Gasteiger partial charge in [0.2, 0.25) is 8.32 Å². The summed E-state index contributed by atoms with van der Waals surface area (Å²) in [7, 11) is 0.146. The Morgan fingerprint density at radius 2 is 1.75 bits per heavy atom. The summed E-state index contributed by atoms with van der Waals surface area (Å²) >= 11 is 0. The molecule has 2 nitrogen and oxygen atoms in total. The fourth-order valence-electron chi connectivity index (χ4n) is 0.718. The third-order valence-corrected chi connectivity index (χ3v) is 1.89. The molecule has 0 rings (SSSR count). The molecule has 0 saturated heterocycles. The van der Waals surface area contributed by atoms with Crippen molar-refractivity contribution in [3.63, 3.8) is 0 Å². The Hall–Kier alpha value is -0.443. The Labute approximate surface area is 76.7 Å². The van der Waals surface area contributed by atoms with E-state index < -0.39 is 8.32 Å². The maximum Gasteiger partial charge on any atom is 0.261 e. The fraction of sp³-hybridized carbons (Fsp3) is 0.778. The standard InChI is InChI=1S/C9H20O2Si/c1-8(2)7-9(10-3)11-12(4,5)6/h7-8H,1-6H3/b9-7+. The first-order chi connectivity index (χ1) is 5.35. The van der Waals surface area contributed by atoms with Gasteiger partial charge in [-0.05, 0) is 31.6 Å². The lowest BCUT2D eigenvalue weighted by molar-refractivity contribution is 0.144. The monoisotopic (exact) mass is 188 g/mol. The molecule has 0 fully saturated rings. The highest BCUT2D eigenvalue weighted by Crippen LogP contribution is 2.12. The van der Waals surface area contributed by atoms with Crippen LogP contribution in [-0.4, -0.2) is 15.4 Å². The second-order valence-electron chi connectivity index (χ2n) is 4.15. The van der Waals surface area contributed by atoms with E-state index in [0.29, 0.717) is 11.9 Å². The first kappa shape index (κ1) is 11.6. The molecule has 0 aromatic rings. The van der Waals surface area contributed by atoms with Crippen LogP contribution >= 0.6 is 0 Å². The molecule has 0 amide bonds. The Morgan fingerprint density at radius 1 is 1.25 bits per heavy atom. The van der Waals surface area contributed by atoms with E-state index in [1.807, 2.05) is 6.08 Å². The summed E-state index contributed by atoms with van der Waals surface area (Å²) in [5, 5.41) is 0. The largest absolute Gasteiger partial charge is 0.520 e. The highest BCUT2D eigenvalue weighted by Gasteiger charge is 2.18. The van der Waals surface area contributed by atoms with E-state index in [4.69, 9.17) is 9.16 Å². The zero-order valence-corrected chi connectivity index (χ0v) is 9.97. The van der Waals surface area contributed by atoms with Gasteiger partial charge in [0, 0.05) is 0 Å². The number of hydrogen-bond donors (Lipinski definition) is 0. The van der Waals surface area contributed by atoms with Crippen molar-refractivity contribution in [1.82, 2.24) is 0 Å². The van der Waals surface area contributed by atoms with Crippen LogP contribution < -0.4 is 0 Å². The number of allylic oxidation sites excluding steroid dienone is 1. The zero-order chi connectivity index (χ0) is 9.78. The SMILES string of the molecule is CO/C(=C\C(C)C)O[Si](C)(C)C. The first-order valence-corrected chi connectivity index (χ1v) is 7.71. The number of methoxy groups -OCH3 is 1. The van der Waals surface area contributed by atoms with Crippen molar-refractivity contribution in [3.8, 4) is 0 Å². The van der Waals surface area contributed by atoms with E-state index in [1.54, 1.807) is 7.11 Å². The van der Waals surface area contributed by atoms with Gasteiger partial charge in [-0.3, -0.25) is 0 Å². The topological polar surface area (TPSA) is 18.5 Å². The van der Waals surface area contributed by atoms with Crippen LogP contribution in [0.2, 0.25) is 19.6 Å². The van der Waals surface area contributed by atoms with Gasteiger partial charge < -0.3 is 9.16 Å². The van der Waals surface area contributed by atoms with Crippen LogP contribution in [0.1, 0.15) is 13.8 Å². The van der Waals surface area contributed by atoms with Crippen molar-refractivity contribution in [2.24, 2.45) is 5.92 Å². The van der Waals surface area contributed by atoms with Gasteiger partial charge in [-0.1, -0.05) is 13.8 Å². The van der Waals surface area contributed by atoms with Gasteiger partial charge in [0.15, 0.2) is 0 Å². The van der Waals surface area contributed by atoms with Crippen LogP contribution in [0, 0.1) is 5.92 Å². The third kappa shape index (κ3) is 6.28. The molecule has 0 radical (unpaired) electrons. The molecule has 0 heterocycles. The second-order valence-corrected chi connectivity index (χ2v) is 8.58. The van der Waals surface area contributed by atoms with Gasteiger partial charge in [-0.15, -0.1) is 0 Å². The molecule has 0 spiro atoms. The minimum absolute atomic E-state index is 0.469. The number of rotatable bonds is 4. The average molecular weight is 188 g/mol. The second kappa shape index (κ2) is 4.55. The lowest BCUT2D eigenvalue weighted by atomic mass is 10.2. The van der Waals surface area contributed by atoms with Gasteiger partial charge in [-0.25, -0.2) is 0 Å². The molecule has 3 heteroatoms. The molecule has 0 aliphatic rings. The quantitative estimate of drug-likeness (QED) is 0.499. The lowest BCUT2D eigenvalue weighted by Crippen LogP contribution is -2.25. The summed E-state index contributed by atoms with van der Waals surface area (Å²) < 4.78 is 10.8. The van der Waals surface area contributed by atoms with Crippen LogP contribution in [0.4, 0.5) is 0 Å². The summed E-state index contributed by atoms with van der Waals surface area (Å²) in [6, 6.07) is 0. The maximum atomic E-state index is 5.68. The fourth-order valence-corrected chi connectivity index (χ4v) is 1.47. The molecule has 0 atom stereocenters. The van der Waals surface area contributed by atoms with Crippen molar-refractivity contribution in [2.45, 2.75) is 33.5 Å². The smallest absolute Gasteiger partial charge is 0.261 e. The molecule has 0 saturated carbocycles. The predicted molar refractivity (Wildman–Crippen MR) is 54.4 cm³/mol. The van der Waals surface area contributed by atoms with E-state index in [0.717, 1.165) is 0 Å². The summed E-state index contributed by atoms with van der Waals surface area (Å²) in [4.78, 5) is 0. The lowest BCUT2D eigenvalue weighted by Gasteiger charge is -2.20. The Bertz CT molecular complexity index is 156. The van der Waals surface area contributed by atoms with Crippen molar-refractivity contribution >= 4 is 8.32 Å². The maximum absolute atomic E-state index is 5.68. The van der Waals surface area contributed by atoms with E-state index in [1.165, 1.54) is 0 Å². The molecule has 0 aromatic heterocycles. The van der Waals surface area contributed by atoms with Crippen LogP contribution in [0.5, 0.6) is 0 Å². The normalized spacial score (nSPS) is 13.4. The van der Waals surface area contributed by atoms with Gasteiger partial charge in [0.05, 0.1) is 7.11 Å². The zero-order valence-electron chi connectivity index (χ0n) is 8.97. The van der Waals surface area contributed by atoms with E-state index in [2.05, 4.69) is 33.5 Å². The summed E-state index contributed by atoms with van der Waals surface area (Å²) in [6.45, 7) is 10.6. The predicted octanol–water partition coefficient (Wildman–Crippen LogP) is 2.98. The third-order valence-electron chi connectivity index (χ3n) is 1.08. The van der Waals surface area contributed by atoms with Crippen molar-refractivity contribution in [3.05, 3.63) is 12.0 Å². The Kier molecular flexibility index (Phi) is 4.38. The van der Waals surface area contributed by atoms with Gasteiger partial charge >= 0.3 is 0 Å². The van der Waals surface area contributed by atoms with E-state index in [-0.39, 0.29) is 0 Å². The van der Waals surface area contributed by atoms with E-state index in [9.17, 15) is 0 Å². The molecule has 0 aliphatic carbocycles. The average Bonchev–Trinajstić information content (AvgIpc) is 1.82. The Morgan fingerprint density at radius 3 is 2.00 bits per heavy atom. The number of hydrogen-bond acceptors (Lipinski definition) is 2. The highest BCUT2D eigenvalue weighted by atomic mass is 28.4. The summed E-state index contributed by atoms with van der Waals surface area (Å²) in [6.07, 6.45) is 2.00. The molecule has 0 unspecified atom stereocenters. The van der Waals surface area contributed by atoms with Crippen LogP contribution in [0.25, 0.3) is 0 Å². The molecule has 72 valence electrons. The minimum Gasteiger partial charge on any atom is -0.520 e. The van der Waals surface area contributed by atoms with Gasteiger partial charge in [0.1, 0.15) is 0 Å². The number of ether oxygens (including phenoxy) is 1. The minimum atomic E-state index is -1.50. The van der Waals surface area contributed by atoms with Crippen LogP contribution in [-0.2, 0) is 9.16 Å². The van der Waals surface area contributed by atoms with Crippen molar-refractivity contribution < 1.29 is 9.16 Å². The molecular formula is C9H20O2Si. The molecule has 0 aromatic carbocycles. The van der Waals surface area contributed by atoms with Gasteiger partial charge in [0.25, 0.3) is 5.95 Å². The molecule has 0 aliphatic heterocycles. The summed E-state index contributed by atoms with van der Waals surface area (Å²) in [5.41, 5.74) is 0. The van der Waals surface area contributed by atoms with Crippen molar-refractivity contribution in [1.29, 1.82) is 0 Å². The molecule has 12 heavy (non-hydrogen) atoms.